The standard InChI is InChI=1S/C10H10Br2F3NO/c11-7-2-1-6(3-8(7)12)9(4-17)16-5-10(13,14)15/h1-3,9,16-17H,4-5H2. The van der Waals surface area contributed by atoms with Crippen molar-refractivity contribution in [2.45, 2.75) is 12.2 Å². The van der Waals surface area contributed by atoms with Crippen LogP contribution in [0.2, 0.25) is 0 Å². The molecule has 2 N–H and O–H groups in total. The zero-order valence-electron chi connectivity index (χ0n) is 8.56. The Kier molecular flexibility index (Phi) is 5.43. The van der Waals surface area contributed by atoms with Crippen molar-refractivity contribution in [1.82, 2.24) is 5.32 Å². The largest absolute Gasteiger partial charge is 0.401 e. The predicted octanol–water partition coefficient (Wildman–Crippen LogP) is 3.40. The summed E-state index contributed by atoms with van der Waals surface area (Å²) in [5.74, 6) is 0. The van der Waals surface area contributed by atoms with Gasteiger partial charge in [-0.1, -0.05) is 6.07 Å². The van der Waals surface area contributed by atoms with Crippen LogP contribution < -0.4 is 5.32 Å². The topological polar surface area (TPSA) is 32.3 Å². The number of rotatable bonds is 4. The zero-order chi connectivity index (χ0) is 13.1. The molecule has 0 fully saturated rings. The minimum atomic E-state index is -4.29. The van der Waals surface area contributed by atoms with Gasteiger partial charge in [0.1, 0.15) is 0 Å². The first-order chi connectivity index (χ1) is 7.83. The molecule has 0 bridgehead atoms. The number of benzene rings is 1. The van der Waals surface area contributed by atoms with E-state index >= 15 is 0 Å². The van der Waals surface area contributed by atoms with Crippen LogP contribution in [0.4, 0.5) is 13.2 Å². The van der Waals surface area contributed by atoms with Crippen molar-refractivity contribution in [1.29, 1.82) is 0 Å². The maximum atomic E-state index is 12.1. The summed E-state index contributed by atoms with van der Waals surface area (Å²) in [7, 11) is 0. The number of hydrogen-bond acceptors (Lipinski definition) is 2. The second-order valence-electron chi connectivity index (χ2n) is 3.40. The van der Waals surface area contributed by atoms with Gasteiger partial charge < -0.3 is 5.11 Å². The number of hydrogen-bond donors (Lipinski definition) is 2. The lowest BCUT2D eigenvalue weighted by molar-refractivity contribution is -0.126. The van der Waals surface area contributed by atoms with Crippen molar-refractivity contribution in [2.75, 3.05) is 13.2 Å². The van der Waals surface area contributed by atoms with Gasteiger partial charge in [0.25, 0.3) is 0 Å². The molecule has 17 heavy (non-hydrogen) atoms. The molecule has 0 aliphatic carbocycles. The average Bonchev–Trinajstić information content (AvgIpc) is 2.22. The van der Waals surface area contributed by atoms with E-state index in [2.05, 4.69) is 37.2 Å². The van der Waals surface area contributed by atoms with Crippen LogP contribution in [-0.2, 0) is 0 Å². The number of alkyl halides is 3. The Balaban J connectivity index is 2.76. The highest BCUT2D eigenvalue weighted by Gasteiger charge is 2.28. The first-order valence-corrected chi connectivity index (χ1v) is 6.28. The van der Waals surface area contributed by atoms with Crippen LogP contribution in [0.25, 0.3) is 0 Å². The number of nitrogens with one attached hydrogen (secondary N) is 1. The molecule has 0 saturated heterocycles. The van der Waals surface area contributed by atoms with Gasteiger partial charge in [0.15, 0.2) is 0 Å². The van der Waals surface area contributed by atoms with Crippen LogP contribution in [0.1, 0.15) is 11.6 Å². The van der Waals surface area contributed by atoms with Crippen LogP contribution in [0, 0.1) is 0 Å². The van der Waals surface area contributed by atoms with Gasteiger partial charge in [-0.15, -0.1) is 0 Å². The summed E-state index contributed by atoms with van der Waals surface area (Å²) in [5.41, 5.74) is 0.590. The lowest BCUT2D eigenvalue weighted by Crippen LogP contribution is -2.33. The second kappa shape index (κ2) is 6.17. The summed E-state index contributed by atoms with van der Waals surface area (Å²) in [6, 6.07) is 4.28. The summed E-state index contributed by atoms with van der Waals surface area (Å²) >= 11 is 6.52. The fourth-order valence-electron chi connectivity index (χ4n) is 1.26. The van der Waals surface area contributed by atoms with Gasteiger partial charge in [-0.25, -0.2) is 0 Å². The maximum absolute atomic E-state index is 12.1. The van der Waals surface area contributed by atoms with E-state index in [0.717, 1.165) is 8.95 Å². The van der Waals surface area contributed by atoms with Crippen molar-refractivity contribution in [3.8, 4) is 0 Å². The lowest BCUT2D eigenvalue weighted by Gasteiger charge is -2.18. The molecule has 0 radical (unpaired) electrons. The predicted molar refractivity (Wildman–Crippen MR) is 65.7 cm³/mol. The molecule has 0 aliphatic heterocycles. The SMILES string of the molecule is OCC(NCC(F)(F)F)c1ccc(Br)c(Br)c1. The van der Waals surface area contributed by atoms with Crippen LogP contribution in [0.5, 0.6) is 0 Å². The van der Waals surface area contributed by atoms with Crippen LogP contribution >= 0.6 is 31.9 Å². The van der Waals surface area contributed by atoms with E-state index < -0.39 is 25.4 Å². The molecule has 0 aromatic heterocycles. The fraction of sp³-hybridized carbons (Fsp3) is 0.400. The average molecular weight is 377 g/mol. The summed E-state index contributed by atoms with van der Waals surface area (Å²) in [6.45, 7) is -1.53. The van der Waals surface area contributed by atoms with Gasteiger partial charge in [-0.3, -0.25) is 5.32 Å². The zero-order valence-corrected chi connectivity index (χ0v) is 11.7. The summed E-state index contributed by atoms with van der Waals surface area (Å²) in [5, 5.41) is 11.3. The minimum Gasteiger partial charge on any atom is -0.394 e. The third-order valence-electron chi connectivity index (χ3n) is 2.08. The Bertz CT molecular complexity index is 384. The molecule has 1 aromatic rings. The first kappa shape index (κ1) is 14.9. The molecular weight excluding hydrogens is 367 g/mol. The molecule has 1 rings (SSSR count). The van der Waals surface area contributed by atoms with E-state index in [4.69, 9.17) is 5.11 Å². The highest BCUT2D eigenvalue weighted by molar-refractivity contribution is 9.13. The molecular formula is C10H10Br2F3NO. The second-order valence-corrected chi connectivity index (χ2v) is 5.11. The molecule has 0 saturated carbocycles. The van der Waals surface area contributed by atoms with Crippen molar-refractivity contribution in [3.05, 3.63) is 32.7 Å². The maximum Gasteiger partial charge on any atom is 0.401 e. The van der Waals surface area contributed by atoms with Gasteiger partial charge in [0.2, 0.25) is 0 Å². The molecule has 1 unspecified atom stereocenters. The summed E-state index contributed by atoms with van der Waals surface area (Å²) in [6.07, 6.45) is -4.29. The molecule has 0 heterocycles. The smallest absolute Gasteiger partial charge is 0.394 e. The van der Waals surface area contributed by atoms with Gasteiger partial charge in [-0.2, -0.15) is 13.2 Å². The number of halogens is 5. The molecule has 0 amide bonds. The number of aliphatic hydroxyl groups excluding tert-OH is 1. The molecule has 7 heteroatoms. The highest BCUT2D eigenvalue weighted by atomic mass is 79.9. The van der Waals surface area contributed by atoms with Crippen LogP contribution in [-0.4, -0.2) is 24.4 Å². The molecule has 0 aliphatic rings. The Hall–Kier alpha value is -0.110. The van der Waals surface area contributed by atoms with E-state index in [0.29, 0.717) is 5.56 Å². The van der Waals surface area contributed by atoms with Crippen molar-refractivity contribution >= 4 is 31.9 Å². The highest BCUT2D eigenvalue weighted by Crippen LogP contribution is 2.26. The normalized spacial score (nSPS) is 13.8. The molecule has 1 aromatic carbocycles. The molecule has 96 valence electrons. The minimum absolute atomic E-state index is 0.399. The van der Waals surface area contributed by atoms with Crippen molar-refractivity contribution in [2.24, 2.45) is 0 Å². The number of aliphatic hydroxyl groups is 1. The Morgan fingerprint density at radius 1 is 1.24 bits per heavy atom. The summed E-state index contributed by atoms with van der Waals surface area (Å²) < 4.78 is 37.7. The van der Waals surface area contributed by atoms with Crippen molar-refractivity contribution in [3.63, 3.8) is 0 Å². The van der Waals surface area contributed by atoms with E-state index in [9.17, 15) is 13.2 Å². The van der Waals surface area contributed by atoms with Crippen LogP contribution in [0.3, 0.4) is 0 Å². The quantitative estimate of drug-likeness (QED) is 0.844. The van der Waals surface area contributed by atoms with E-state index in [1.54, 1.807) is 18.2 Å². The van der Waals surface area contributed by atoms with E-state index in [1.807, 2.05) is 0 Å². The third kappa shape index (κ3) is 4.95. The third-order valence-corrected chi connectivity index (χ3v) is 3.96. The van der Waals surface area contributed by atoms with Crippen LogP contribution in [0.15, 0.2) is 27.1 Å². The first-order valence-electron chi connectivity index (χ1n) is 4.69. The van der Waals surface area contributed by atoms with Gasteiger partial charge in [0.05, 0.1) is 19.2 Å². The van der Waals surface area contributed by atoms with Gasteiger partial charge >= 0.3 is 6.18 Å². The lowest BCUT2D eigenvalue weighted by atomic mass is 10.1. The van der Waals surface area contributed by atoms with Gasteiger partial charge in [0, 0.05) is 8.95 Å². The monoisotopic (exact) mass is 375 g/mol. The Morgan fingerprint density at radius 3 is 2.35 bits per heavy atom. The molecule has 2 nitrogen and oxygen atoms in total. The van der Waals surface area contributed by atoms with E-state index in [-0.39, 0.29) is 0 Å². The van der Waals surface area contributed by atoms with Crippen molar-refractivity contribution < 1.29 is 18.3 Å². The van der Waals surface area contributed by atoms with Gasteiger partial charge in [-0.05, 0) is 49.6 Å². The molecule has 1 atom stereocenters. The Morgan fingerprint density at radius 2 is 1.88 bits per heavy atom. The van der Waals surface area contributed by atoms with E-state index in [1.165, 1.54) is 0 Å². The summed E-state index contributed by atoms with van der Waals surface area (Å²) in [4.78, 5) is 0. The fourth-order valence-corrected chi connectivity index (χ4v) is 1.90. The Labute approximate surface area is 113 Å². The molecule has 0 spiro atoms.